The number of carbonyl (C=O) groups excluding carboxylic acids is 1. The van der Waals surface area contributed by atoms with Gasteiger partial charge in [-0.1, -0.05) is 18.2 Å². The van der Waals surface area contributed by atoms with Crippen LogP contribution in [0.5, 0.6) is 5.75 Å². The van der Waals surface area contributed by atoms with E-state index in [1.807, 2.05) is 0 Å². The van der Waals surface area contributed by atoms with Crippen LogP contribution in [-0.4, -0.2) is 75.3 Å². The Morgan fingerprint density at radius 1 is 1.32 bits per heavy atom. The Balaban J connectivity index is 1.55. The number of anilines is 1. The molecule has 3 N–H and O–H groups in total. The van der Waals surface area contributed by atoms with Gasteiger partial charge in [0.1, 0.15) is 35.8 Å². The number of alkyl halides is 1. The summed E-state index contributed by atoms with van der Waals surface area (Å²) in [4.78, 5) is 24.4. The molecule has 37 heavy (non-hydrogen) atoms. The largest absolute Gasteiger partial charge is 0.468 e. The van der Waals surface area contributed by atoms with Crippen LogP contribution in [0.25, 0.3) is 11.2 Å². The van der Waals surface area contributed by atoms with Crippen molar-refractivity contribution in [2.24, 2.45) is 0 Å². The van der Waals surface area contributed by atoms with E-state index in [0.717, 1.165) is 0 Å². The highest BCUT2D eigenvalue weighted by molar-refractivity contribution is 7.52. The van der Waals surface area contributed by atoms with Crippen molar-refractivity contribution in [1.82, 2.24) is 24.6 Å². The van der Waals surface area contributed by atoms with Gasteiger partial charge in [-0.3, -0.25) is 13.9 Å². The van der Waals surface area contributed by atoms with E-state index in [1.54, 1.807) is 37.4 Å². The Kier molecular flexibility index (Phi) is 7.76. The number of nitrogens with one attached hydrogen (secondary N) is 2. The number of fused-ring (bicyclic) bond motifs is 1. The summed E-state index contributed by atoms with van der Waals surface area (Å²) < 4.78 is 52.3. The predicted octanol–water partition coefficient (Wildman–Crippen LogP) is 2.21. The molecule has 0 saturated carbocycles. The average molecular weight is 538 g/mol. The average Bonchev–Trinajstić information content (AvgIpc) is 3.40. The summed E-state index contributed by atoms with van der Waals surface area (Å²) >= 11 is 0. The quantitative estimate of drug-likeness (QED) is 0.256. The third kappa shape index (κ3) is 5.43. The van der Waals surface area contributed by atoms with Crippen LogP contribution in [0, 0.1) is 0 Å². The second kappa shape index (κ2) is 10.7. The molecule has 1 aliphatic rings. The van der Waals surface area contributed by atoms with Crippen molar-refractivity contribution in [3.63, 3.8) is 0 Å². The normalized spacial score (nSPS) is 25.9. The van der Waals surface area contributed by atoms with Crippen LogP contribution in [0.15, 0.2) is 43.0 Å². The smallest absolute Gasteiger partial charge is 0.459 e. The summed E-state index contributed by atoms with van der Waals surface area (Å²) in [5.41, 5.74) is -1.63. The molecule has 200 valence electrons. The highest BCUT2D eigenvalue weighted by Crippen LogP contribution is 2.48. The van der Waals surface area contributed by atoms with Crippen LogP contribution in [0.2, 0.25) is 0 Å². The minimum Gasteiger partial charge on any atom is -0.468 e. The van der Waals surface area contributed by atoms with E-state index in [1.165, 1.54) is 38.2 Å². The van der Waals surface area contributed by atoms with Gasteiger partial charge in [0.15, 0.2) is 23.4 Å². The topological polar surface area (TPSA) is 159 Å². The summed E-state index contributed by atoms with van der Waals surface area (Å²) in [7, 11) is -1.39. The molecule has 1 aliphatic heterocycles. The van der Waals surface area contributed by atoms with Crippen molar-refractivity contribution in [3.05, 3.63) is 43.0 Å². The Hall–Kier alpha value is -3.16. The molecule has 3 aromatic rings. The molecule has 15 heteroatoms. The molecule has 1 aromatic carbocycles. The Morgan fingerprint density at radius 3 is 2.73 bits per heavy atom. The molecule has 2 aromatic heterocycles. The number of esters is 1. The van der Waals surface area contributed by atoms with E-state index in [0.29, 0.717) is 11.3 Å². The lowest BCUT2D eigenvalue weighted by Gasteiger charge is -2.25. The highest BCUT2D eigenvalue weighted by atomic mass is 31.2. The monoisotopic (exact) mass is 538 g/mol. The van der Waals surface area contributed by atoms with E-state index in [4.69, 9.17) is 13.8 Å². The van der Waals surface area contributed by atoms with E-state index in [-0.39, 0.29) is 11.4 Å². The van der Waals surface area contributed by atoms with E-state index in [9.17, 15) is 14.5 Å². The van der Waals surface area contributed by atoms with Gasteiger partial charge in [-0.15, -0.1) is 0 Å². The number of ether oxygens (including phenoxy) is 2. The molecular formula is C22H28FN6O7P. The summed E-state index contributed by atoms with van der Waals surface area (Å²) in [6.45, 7) is 2.05. The minimum absolute atomic E-state index is 0.196. The van der Waals surface area contributed by atoms with Crippen molar-refractivity contribution >= 4 is 30.7 Å². The number of methoxy groups -OCH3 is 1. The Bertz CT molecular complexity index is 1290. The lowest BCUT2D eigenvalue weighted by Crippen LogP contribution is -2.41. The second-order valence-corrected chi connectivity index (χ2v) is 10.2. The SMILES string of the molecule is CNc1ncnc2c1ncn2[C@@H]1O[C@H](CO[P@@](=O)(N[C@@H](C)C(=O)OC)Oc2ccccc2)[C@@H](O)[C@@]1(C)F. The van der Waals surface area contributed by atoms with Gasteiger partial charge in [0.2, 0.25) is 0 Å². The third-order valence-electron chi connectivity index (χ3n) is 5.85. The maximum atomic E-state index is 15.8. The molecule has 0 unspecified atom stereocenters. The zero-order chi connectivity index (χ0) is 26.8. The molecule has 0 aliphatic carbocycles. The van der Waals surface area contributed by atoms with Gasteiger partial charge in [0.05, 0.1) is 20.0 Å². The molecule has 13 nitrogen and oxygen atoms in total. The summed E-state index contributed by atoms with van der Waals surface area (Å²) in [5, 5.41) is 16.1. The maximum Gasteiger partial charge on any atom is 0.459 e. The Morgan fingerprint density at radius 2 is 2.05 bits per heavy atom. The minimum atomic E-state index is -4.23. The third-order valence-corrected chi connectivity index (χ3v) is 7.49. The number of imidazole rings is 1. The standard InChI is InChI=1S/C22H28FN6O7P/c1-13(20(31)33-4)28-37(32,36-14-8-6-5-7-9-14)34-10-15-17(30)22(2,23)21(35-15)29-12-27-16-18(24-3)25-11-26-19(16)29/h5-9,11-13,15,17,21,30H,10H2,1-4H3,(H,28,32)(H,24,25,26)/t13-,15+,17+,21+,22+,37-/m0/s1. The van der Waals surface area contributed by atoms with E-state index < -0.39 is 50.5 Å². The molecule has 0 radical (unpaired) electrons. The first-order valence-electron chi connectivity index (χ1n) is 11.3. The van der Waals surface area contributed by atoms with Crippen molar-refractivity contribution < 1.29 is 37.4 Å². The van der Waals surface area contributed by atoms with Crippen LogP contribution >= 0.6 is 7.75 Å². The molecule has 3 heterocycles. The number of rotatable bonds is 10. The number of halogens is 1. The maximum absolute atomic E-state index is 15.8. The highest BCUT2D eigenvalue weighted by Gasteiger charge is 2.56. The summed E-state index contributed by atoms with van der Waals surface area (Å²) in [6.07, 6.45) is -1.65. The fourth-order valence-corrected chi connectivity index (χ4v) is 5.41. The van der Waals surface area contributed by atoms with Crippen molar-refractivity contribution in [3.8, 4) is 5.75 Å². The lowest BCUT2D eigenvalue weighted by molar-refractivity contribution is -0.142. The van der Waals surface area contributed by atoms with Gasteiger partial charge in [0.25, 0.3) is 0 Å². The molecule has 1 fully saturated rings. The molecule has 1 saturated heterocycles. The molecule has 4 rings (SSSR count). The van der Waals surface area contributed by atoms with Gasteiger partial charge in [-0.05, 0) is 26.0 Å². The number of aliphatic hydroxyl groups is 1. The molecule has 0 spiro atoms. The molecule has 0 amide bonds. The van der Waals surface area contributed by atoms with Gasteiger partial charge < -0.3 is 24.4 Å². The van der Waals surface area contributed by atoms with Crippen LogP contribution in [-0.2, 0) is 23.4 Å². The second-order valence-electron chi connectivity index (χ2n) is 8.49. The van der Waals surface area contributed by atoms with Crippen LogP contribution in [0.3, 0.4) is 0 Å². The van der Waals surface area contributed by atoms with Crippen LogP contribution < -0.4 is 14.9 Å². The number of nitrogens with zero attached hydrogens (tertiary/aromatic N) is 4. The Labute approximate surface area is 211 Å². The summed E-state index contributed by atoms with van der Waals surface area (Å²) in [6, 6.07) is 7.07. The summed E-state index contributed by atoms with van der Waals surface area (Å²) in [5.74, 6) is -0.0714. The number of hydrogen-bond donors (Lipinski definition) is 3. The number of carbonyl (C=O) groups is 1. The van der Waals surface area contributed by atoms with Crippen molar-refractivity contribution in [2.75, 3.05) is 26.1 Å². The predicted molar refractivity (Wildman–Crippen MR) is 130 cm³/mol. The molecular weight excluding hydrogens is 510 g/mol. The molecule has 6 atom stereocenters. The van der Waals surface area contributed by atoms with Crippen LogP contribution in [0.1, 0.15) is 20.1 Å². The van der Waals surface area contributed by atoms with Crippen LogP contribution in [0.4, 0.5) is 10.2 Å². The van der Waals surface area contributed by atoms with Crippen molar-refractivity contribution in [2.45, 2.75) is 44.0 Å². The van der Waals surface area contributed by atoms with Gasteiger partial charge >= 0.3 is 13.7 Å². The number of aromatic nitrogens is 4. The molecule has 0 bridgehead atoms. The van der Waals surface area contributed by atoms with Crippen molar-refractivity contribution in [1.29, 1.82) is 0 Å². The number of aliphatic hydroxyl groups excluding tert-OH is 1. The fourth-order valence-electron chi connectivity index (χ4n) is 3.91. The number of benzene rings is 1. The lowest BCUT2D eigenvalue weighted by atomic mass is 9.98. The fraction of sp³-hybridized carbons (Fsp3) is 0.455. The van der Waals surface area contributed by atoms with Gasteiger partial charge in [-0.25, -0.2) is 23.9 Å². The zero-order valence-electron chi connectivity index (χ0n) is 20.6. The first-order valence-corrected chi connectivity index (χ1v) is 12.9. The zero-order valence-corrected chi connectivity index (χ0v) is 21.5. The number of hydrogen-bond acceptors (Lipinski definition) is 11. The van der Waals surface area contributed by atoms with Gasteiger partial charge in [-0.2, -0.15) is 5.09 Å². The first kappa shape index (κ1) is 26.9. The number of para-hydroxylation sites is 1. The van der Waals surface area contributed by atoms with E-state index in [2.05, 4.69) is 30.1 Å². The first-order chi connectivity index (χ1) is 17.6. The van der Waals surface area contributed by atoms with Gasteiger partial charge in [0, 0.05) is 7.05 Å². The van der Waals surface area contributed by atoms with E-state index >= 15 is 4.39 Å².